The lowest BCUT2D eigenvalue weighted by Gasteiger charge is -2.29. The minimum absolute atomic E-state index is 0.0201. The highest BCUT2D eigenvalue weighted by Crippen LogP contribution is 2.32. The number of nitrogens with zero attached hydrogens (tertiary/aromatic N) is 2. The van der Waals surface area contributed by atoms with E-state index in [1.54, 1.807) is 4.90 Å². The molecule has 132 valence electrons. The molecule has 0 atom stereocenters. The number of hydrogen-bond donors (Lipinski definition) is 1. The van der Waals surface area contributed by atoms with Crippen molar-refractivity contribution in [1.82, 2.24) is 5.32 Å². The summed E-state index contributed by atoms with van der Waals surface area (Å²) in [6.45, 7) is 0.817. The van der Waals surface area contributed by atoms with Crippen molar-refractivity contribution in [1.29, 1.82) is 0 Å². The van der Waals surface area contributed by atoms with Gasteiger partial charge in [-0.3, -0.25) is 14.9 Å². The normalized spacial score (nSPS) is 15.2. The summed E-state index contributed by atoms with van der Waals surface area (Å²) in [5.74, 6) is -0.774. The van der Waals surface area contributed by atoms with Crippen LogP contribution in [-0.4, -0.2) is 49.9 Å². The van der Waals surface area contributed by atoms with Gasteiger partial charge < -0.3 is 15.0 Å². The van der Waals surface area contributed by atoms with E-state index in [2.05, 4.69) is 5.32 Å². The zero-order valence-corrected chi connectivity index (χ0v) is 12.6. The third kappa shape index (κ3) is 4.57. The van der Waals surface area contributed by atoms with Gasteiger partial charge in [-0.1, -0.05) is 6.07 Å². The predicted molar refractivity (Wildman–Crippen MR) is 79.1 cm³/mol. The van der Waals surface area contributed by atoms with Crippen molar-refractivity contribution in [2.45, 2.75) is 12.6 Å². The minimum atomic E-state index is -4.39. The van der Waals surface area contributed by atoms with Gasteiger partial charge in [-0.2, -0.15) is 13.2 Å². The lowest BCUT2D eigenvalue weighted by molar-refractivity contribution is -0.384. The van der Waals surface area contributed by atoms with E-state index in [1.165, 1.54) is 18.2 Å². The van der Waals surface area contributed by atoms with E-state index in [1.807, 2.05) is 0 Å². The first-order valence-electron chi connectivity index (χ1n) is 7.24. The number of halogens is 3. The Kier molecular flexibility index (Phi) is 5.60. The van der Waals surface area contributed by atoms with Crippen molar-refractivity contribution in [3.05, 3.63) is 33.9 Å². The number of anilines is 1. The van der Waals surface area contributed by atoms with E-state index in [-0.39, 0.29) is 16.9 Å². The van der Waals surface area contributed by atoms with Gasteiger partial charge in [0, 0.05) is 25.7 Å². The second-order valence-electron chi connectivity index (χ2n) is 5.15. The summed E-state index contributed by atoms with van der Waals surface area (Å²) in [4.78, 5) is 24.5. The maximum Gasteiger partial charge on any atom is 0.390 e. The Labute approximate surface area is 135 Å². The number of amides is 1. The number of ether oxygens (including phenoxy) is 1. The maximum atomic E-state index is 12.2. The monoisotopic (exact) mass is 347 g/mol. The molecule has 1 N–H and O–H groups in total. The average molecular weight is 347 g/mol. The van der Waals surface area contributed by atoms with Gasteiger partial charge in [-0.05, 0) is 6.07 Å². The van der Waals surface area contributed by atoms with Crippen molar-refractivity contribution >= 4 is 17.3 Å². The van der Waals surface area contributed by atoms with Crippen LogP contribution >= 0.6 is 0 Å². The van der Waals surface area contributed by atoms with Crippen molar-refractivity contribution in [3.63, 3.8) is 0 Å². The number of nitro groups is 1. The zero-order valence-electron chi connectivity index (χ0n) is 12.6. The number of rotatable bonds is 5. The van der Waals surface area contributed by atoms with Gasteiger partial charge >= 0.3 is 6.18 Å². The fourth-order valence-corrected chi connectivity index (χ4v) is 2.39. The van der Waals surface area contributed by atoms with E-state index >= 15 is 0 Å². The number of hydrogen-bond acceptors (Lipinski definition) is 5. The highest BCUT2D eigenvalue weighted by molar-refractivity contribution is 6.02. The van der Waals surface area contributed by atoms with E-state index in [0.29, 0.717) is 26.3 Å². The minimum Gasteiger partial charge on any atom is -0.378 e. The van der Waals surface area contributed by atoms with Crippen LogP contribution in [0, 0.1) is 10.1 Å². The molecule has 0 saturated carbocycles. The lowest BCUT2D eigenvalue weighted by atomic mass is 10.1. The van der Waals surface area contributed by atoms with Crippen LogP contribution in [0.5, 0.6) is 0 Å². The molecule has 10 heteroatoms. The van der Waals surface area contributed by atoms with Gasteiger partial charge in [0.2, 0.25) is 0 Å². The third-order valence-corrected chi connectivity index (χ3v) is 3.48. The predicted octanol–water partition coefficient (Wildman–Crippen LogP) is 2.11. The highest BCUT2D eigenvalue weighted by atomic mass is 19.4. The second kappa shape index (κ2) is 7.47. The van der Waals surface area contributed by atoms with Crippen LogP contribution in [0.15, 0.2) is 18.2 Å². The van der Waals surface area contributed by atoms with Gasteiger partial charge in [0.25, 0.3) is 11.6 Å². The summed E-state index contributed by atoms with van der Waals surface area (Å²) >= 11 is 0. The van der Waals surface area contributed by atoms with Crippen LogP contribution in [0.4, 0.5) is 24.5 Å². The molecule has 0 aromatic heterocycles. The SMILES string of the molecule is O=C(NCCC(F)(F)F)c1cccc([N+](=O)[O-])c1N1CCOCC1. The fraction of sp³-hybridized carbons (Fsp3) is 0.500. The van der Waals surface area contributed by atoms with E-state index < -0.39 is 30.0 Å². The van der Waals surface area contributed by atoms with Crippen molar-refractivity contribution in [2.24, 2.45) is 0 Å². The van der Waals surface area contributed by atoms with E-state index in [0.717, 1.165) is 0 Å². The third-order valence-electron chi connectivity index (χ3n) is 3.48. The molecule has 1 fully saturated rings. The summed E-state index contributed by atoms with van der Waals surface area (Å²) in [5, 5.41) is 13.4. The summed E-state index contributed by atoms with van der Waals surface area (Å²) < 4.78 is 41.7. The first-order chi connectivity index (χ1) is 11.3. The Morgan fingerprint density at radius 2 is 2.00 bits per heavy atom. The van der Waals surface area contributed by atoms with Crippen LogP contribution in [0.2, 0.25) is 0 Å². The molecule has 1 aromatic rings. The molecule has 0 bridgehead atoms. The topological polar surface area (TPSA) is 84.7 Å². The molecule has 1 aliphatic rings. The Balaban J connectivity index is 2.26. The molecule has 1 saturated heterocycles. The smallest absolute Gasteiger partial charge is 0.378 e. The van der Waals surface area contributed by atoms with Crippen molar-refractivity contribution < 1.29 is 27.6 Å². The van der Waals surface area contributed by atoms with Crippen LogP contribution in [-0.2, 0) is 4.74 Å². The summed E-state index contributed by atoms with van der Waals surface area (Å²) in [5.41, 5.74) is -0.177. The first kappa shape index (κ1) is 18.0. The number of carbonyl (C=O) groups excluding carboxylic acids is 1. The van der Waals surface area contributed by atoms with Gasteiger partial charge in [-0.15, -0.1) is 0 Å². The van der Waals surface area contributed by atoms with E-state index in [4.69, 9.17) is 4.74 Å². The largest absolute Gasteiger partial charge is 0.390 e. The Bertz CT molecular complexity index is 616. The quantitative estimate of drug-likeness (QED) is 0.651. The summed E-state index contributed by atoms with van der Waals surface area (Å²) in [7, 11) is 0. The summed E-state index contributed by atoms with van der Waals surface area (Å²) in [6, 6.07) is 3.96. The molecule has 1 heterocycles. The number of nitro benzene ring substituents is 1. The standard InChI is InChI=1S/C14H16F3N3O4/c15-14(16,17)4-5-18-13(21)10-2-1-3-11(20(22)23)12(10)19-6-8-24-9-7-19/h1-3H,4-9H2,(H,18,21). The van der Waals surface area contributed by atoms with Gasteiger partial charge in [-0.25, -0.2) is 0 Å². The number of benzene rings is 1. The van der Waals surface area contributed by atoms with Crippen LogP contribution < -0.4 is 10.2 Å². The Morgan fingerprint density at radius 3 is 2.58 bits per heavy atom. The molecule has 2 rings (SSSR count). The van der Waals surface area contributed by atoms with Gasteiger partial charge in [0.05, 0.1) is 30.1 Å². The Morgan fingerprint density at radius 1 is 1.33 bits per heavy atom. The number of para-hydroxylation sites is 1. The molecule has 1 aliphatic heterocycles. The number of morpholine rings is 1. The molecule has 0 aliphatic carbocycles. The maximum absolute atomic E-state index is 12.2. The highest BCUT2D eigenvalue weighted by Gasteiger charge is 2.29. The molecule has 0 spiro atoms. The molecular weight excluding hydrogens is 331 g/mol. The first-order valence-corrected chi connectivity index (χ1v) is 7.24. The number of carbonyl (C=O) groups is 1. The molecular formula is C14H16F3N3O4. The molecule has 0 unspecified atom stereocenters. The van der Waals surface area contributed by atoms with Crippen LogP contribution in [0.25, 0.3) is 0 Å². The lowest BCUT2D eigenvalue weighted by Crippen LogP contribution is -2.38. The number of nitrogens with one attached hydrogen (secondary N) is 1. The second-order valence-corrected chi connectivity index (χ2v) is 5.15. The van der Waals surface area contributed by atoms with Crippen molar-refractivity contribution in [3.8, 4) is 0 Å². The fourth-order valence-electron chi connectivity index (χ4n) is 2.39. The zero-order chi connectivity index (χ0) is 17.7. The molecule has 1 aromatic carbocycles. The van der Waals surface area contributed by atoms with Crippen LogP contribution in [0.3, 0.4) is 0 Å². The molecule has 0 radical (unpaired) electrons. The van der Waals surface area contributed by atoms with Crippen LogP contribution in [0.1, 0.15) is 16.8 Å². The summed E-state index contributed by atoms with van der Waals surface area (Å²) in [6.07, 6.45) is -5.55. The molecule has 24 heavy (non-hydrogen) atoms. The van der Waals surface area contributed by atoms with Gasteiger partial charge in [0.15, 0.2) is 0 Å². The molecule has 7 nitrogen and oxygen atoms in total. The van der Waals surface area contributed by atoms with Crippen molar-refractivity contribution in [2.75, 3.05) is 37.7 Å². The Hall–Kier alpha value is -2.36. The average Bonchev–Trinajstić information content (AvgIpc) is 2.53. The number of alkyl halides is 3. The molecule has 1 amide bonds. The van der Waals surface area contributed by atoms with Gasteiger partial charge in [0.1, 0.15) is 5.69 Å². The van der Waals surface area contributed by atoms with E-state index in [9.17, 15) is 28.1 Å².